The van der Waals surface area contributed by atoms with Crippen LogP contribution in [0.25, 0.3) is 0 Å². The molecule has 1 aromatic rings. The van der Waals surface area contributed by atoms with E-state index in [0.717, 1.165) is 6.07 Å². The van der Waals surface area contributed by atoms with Crippen molar-refractivity contribution in [3.05, 3.63) is 29.3 Å². The third-order valence-electron chi connectivity index (χ3n) is 2.42. The van der Waals surface area contributed by atoms with E-state index in [4.69, 9.17) is 5.11 Å². The van der Waals surface area contributed by atoms with Gasteiger partial charge in [0, 0.05) is 12.2 Å². The topological polar surface area (TPSA) is 32.3 Å². The minimum atomic E-state index is -4.81. The van der Waals surface area contributed by atoms with E-state index in [0.29, 0.717) is 6.07 Å². The van der Waals surface area contributed by atoms with E-state index >= 15 is 0 Å². The van der Waals surface area contributed by atoms with Crippen LogP contribution in [-0.2, 0) is 6.18 Å². The minimum absolute atomic E-state index is 0.0329. The lowest BCUT2D eigenvalue weighted by molar-refractivity contribution is -0.198. The molecule has 1 aromatic carbocycles. The molecule has 19 heavy (non-hydrogen) atoms. The van der Waals surface area contributed by atoms with E-state index in [9.17, 15) is 26.3 Å². The highest BCUT2D eigenvalue weighted by Gasteiger charge is 2.38. The van der Waals surface area contributed by atoms with E-state index in [1.807, 2.05) is 0 Å². The molecule has 2 N–H and O–H groups in total. The molecule has 0 aliphatic heterocycles. The number of rotatable bonds is 3. The molecule has 0 radical (unpaired) electrons. The Morgan fingerprint density at radius 1 is 1.16 bits per heavy atom. The molecule has 0 bridgehead atoms. The summed E-state index contributed by atoms with van der Waals surface area (Å²) in [7, 11) is 0. The van der Waals surface area contributed by atoms with E-state index < -0.39 is 30.6 Å². The summed E-state index contributed by atoms with van der Waals surface area (Å²) in [6, 6.07) is 3.07. The van der Waals surface area contributed by atoms with Crippen LogP contribution >= 0.6 is 0 Å². The van der Waals surface area contributed by atoms with Crippen LogP contribution in [0.5, 0.6) is 0 Å². The molecule has 0 aliphatic carbocycles. The van der Waals surface area contributed by atoms with Crippen molar-refractivity contribution in [3.63, 3.8) is 0 Å². The molecule has 0 heterocycles. The van der Waals surface area contributed by atoms with Gasteiger partial charge in [0.05, 0.1) is 5.56 Å². The highest BCUT2D eigenvalue weighted by Crippen LogP contribution is 2.33. The quantitative estimate of drug-likeness (QED) is 0.836. The Bertz CT molecular complexity index is 440. The Hall–Kier alpha value is -1.44. The first-order chi connectivity index (χ1) is 8.51. The number of aliphatic hydroxyl groups excluding tert-OH is 1. The van der Waals surface area contributed by atoms with Gasteiger partial charge in [-0.3, -0.25) is 0 Å². The van der Waals surface area contributed by atoms with Gasteiger partial charge >= 0.3 is 12.4 Å². The SMILES string of the molecule is Cc1ccc(NCC(O)C(F)(F)F)cc1C(F)(F)F. The fourth-order valence-corrected chi connectivity index (χ4v) is 1.37. The van der Waals surface area contributed by atoms with Crippen LogP contribution in [0.15, 0.2) is 18.2 Å². The molecule has 0 saturated heterocycles. The van der Waals surface area contributed by atoms with Gasteiger partial charge in [0.2, 0.25) is 0 Å². The smallest absolute Gasteiger partial charge is 0.382 e. The maximum absolute atomic E-state index is 12.6. The highest BCUT2D eigenvalue weighted by atomic mass is 19.4. The molecule has 108 valence electrons. The number of aryl methyl sites for hydroxylation is 1. The Labute approximate surface area is 105 Å². The van der Waals surface area contributed by atoms with E-state index in [1.165, 1.54) is 13.0 Å². The van der Waals surface area contributed by atoms with Gasteiger partial charge < -0.3 is 10.4 Å². The first kappa shape index (κ1) is 15.6. The molecule has 1 atom stereocenters. The van der Waals surface area contributed by atoms with Crippen molar-refractivity contribution in [1.29, 1.82) is 0 Å². The van der Waals surface area contributed by atoms with Crippen molar-refractivity contribution in [1.82, 2.24) is 0 Å². The lowest BCUT2D eigenvalue weighted by atomic mass is 10.1. The van der Waals surface area contributed by atoms with E-state index in [-0.39, 0.29) is 11.3 Å². The fourth-order valence-electron chi connectivity index (χ4n) is 1.37. The summed E-state index contributed by atoms with van der Waals surface area (Å²) in [4.78, 5) is 0. The number of halogens is 6. The molecule has 0 amide bonds. The van der Waals surface area contributed by atoms with Crippen LogP contribution in [0, 0.1) is 6.92 Å². The fraction of sp³-hybridized carbons (Fsp3) is 0.455. The molecule has 1 rings (SSSR count). The van der Waals surface area contributed by atoms with Crippen LogP contribution in [0.4, 0.5) is 32.0 Å². The summed E-state index contributed by atoms with van der Waals surface area (Å²) in [6.07, 6.45) is -12.0. The second kappa shape index (κ2) is 5.28. The lowest BCUT2D eigenvalue weighted by Gasteiger charge is -2.17. The van der Waals surface area contributed by atoms with Crippen molar-refractivity contribution in [2.24, 2.45) is 0 Å². The molecule has 0 aromatic heterocycles. The average Bonchev–Trinajstić information content (AvgIpc) is 2.24. The van der Waals surface area contributed by atoms with Gasteiger partial charge in [0.1, 0.15) is 0 Å². The summed E-state index contributed by atoms with van der Waals surface area (Å²) < 4.78 is 73.7. The third-order valence-corrected chi connectivity index (χ3v) is 2.42. The maximum Gasteiger partial charge on any atom is 0.416 e. The normalized spacial score (nSPS) is 14.3. The number of alkyl halides is 6. The van der Waals surface area contributed by atoms with Crippen molar-refractivity contribution in [2.75, 3.05) is 11.9 Å². The summed E-state index contributed by atoms with van der Waals surface area (Å²) in [5.74, 6) is 0. The van der Waals surface area contributed by atoms with Gasteiger partial charge in [-0.15, -0.1) is 0 Å². The van der Waals surface area contributed by atoms with Gasteiger partial charge in [0.15, 0.2) is 6.10 Å². The molecule has 8 heteroatoms. The van der Waals surface area contributed by atoms with Crippen LogP contribution < -0.4 is 5.32 Å². The van der Waals surface area contributed by atoms with Crippen molar-refractivity contribution >= 4 is 5.69 Å². The second-order valence-electron chi connectivity index (χ2n) is 3.97. The zero-order valence-electron chi connectivity index (χ0n) is 9.73. The van der Waals surface area contributed by atoms with Crippen LogP contribution in [-0.4, -0.2) is 23.9 Å². The van der Waals surface area contributed by atoms with Gasteiger partial charge in [-0.25, -0.2) is 0 Å². The Balaban J connectivity index is 2.82. The predicted molar refractivity (Wildman–Crippen MR) is 56.7 cm³/mol. The Kier molecular flexibility index (Phi) is 4.34. The van der Waals surface area contributed by atoms with Crippen LogP contribution in [0.3, 0.4) is 0 Å². The average molecular weight is 287 g/mol. The molecule has 0 aliphatic rings. The van der Waals surface area contributed by atoms with E-state index in [1.54, 1.807) is 0 Å². The molecule has 0 fully saturated rings. The number of hydrogen-bond acceptors (Lipinski definition) is 2. The van der Waals surface area contributed by atoms with Crippen molar-refractivity contribution in [3.8, 4) is 0 Å². The molecule has 1 unspecified atom stereocenters. The predicted octanol–water partition coefficient (Wildman–Crippen LogP) is 3.35. The zero-order valence-corrected chi connectivity index (χ0v) is 9.73. The largest absolute Gasteiger partial charge is 0.416 e. The number of hydrogen-bond donors (Lipinski definition) is 2. The summed E-state index contributed by atoms with van der Waals surface area (Å²) in [5.41, 5.74) is -1.10. The third kappa shape index (κ3) is 4.30. The summed E-state index contributed by atoms with van der Waals surface area (Å²) in [5, 5.41) is 10.8. The standard InChI is InChI=1S/C11H11F6NO/c1-6-2-3-7(4-8(6)10(12,13)14)18-5-9(19)11(15,16)17/h2-4,9,18-19H,5H2,1H3. The lowest BCUT2D eigenvalue weighted by Crippen LogP contribution is -2.35. The van der Waals surface area contributed by atoms with Crippen LogP contribution in [0.2, 0.25) is 0 Å². The van der Waals surface area contributed by atoms with Gasteiger partial charge in [-0.1, -0.05) is 6.07 Å². The molecular formula is C11H11F6NO. The van der Waals surface area contributed by atoms with Gasteiger partial charge in [0.25, 0.3) is 0 Å². The Morgan fingerprint density at radius 3 is 2.21 bits per heavy atom. The number of benzene rings is 1. The highest BCUT2D eigenvalue weighted by molar-refractivity contribution is 5.49. The number of aliphatic hydroxyl groups is 1. The van der Waals surface area contributed by atoms with Gasteiger partial charge in [-0.05, 0) is 24.6 Å². The molecule has 2 nitrogen and oxygen atoms in total. The van der Waals surface area contributed by atoms with Gasteiger partial charge in [-0.2, -0.15) is 26.3 Å². The monoisotopic (exact) mass is 287 g/mol. The van der Waals surface area contributed by atoms with E-state index in [2.05, 4.69) is 5.32 Å². The van der Waals surface area contributed by atoms with Crippen LogP contribution in [0.1, 0.15) is 11.1 Å². The second-order valence-corrected chi connectivity index (χ2v) is 3.97. The Morgan fingerprint density at radius 2 is 1.74 bits per heavy atom. The number of nitrogens with one attached hydrogen (secondary N) is 1. The minimum Gasteiger partial charge on any atom is -0.382 e. The summed E-state index contributed by atoms with van der Waals surface area (Å²) >= 11 is 0. The number of anilines is 1. The molecule has 0 spiro atoms. The maximum atomic E-state index is 12.6. The van der Waals surface area contributed by atoms with Crippen molar-refractivity contribution in [2.45, 2.75) is 25.4 Å². The zero-order chi connectivity index (χ0) is 14.8. The molecule has 0 saturated carbocycles. The first-order valence-electron chi connectivity index (χ1n) is 5.18. The van der Waals surface area contributed by atoms with Crippen molar-refractivity contribution < 1.29 is 31.4 Å². The molecular weight excluding hydrogens is 276 g/mol. The summed E-state index contributed by atoms with van der Waals surface area (Å²) in [6.45, 7) is 0.334. The first-order valence-corrected chi connectivity index (χ1v) is 5.18.